The Hall–Kier alpha value is -0.420. The number of alkyl halides is 1. The van der Waals surface area contributed by atoms with Crippen LogP contribution in [0.3, 0.4) is 0 Å². The van der Waals surface area contributed by atoms with Gasteiger partial charge in [0.1, 0.15) is 4.88 Å². The molecule has 1 N–H and O–H groups in total. The second-order valence-corrected chi connectivity index (χ2v) is 6.16. The number of amides is 1. The van der Waals surface area contributed by atoms with Crippen molar-refractivity contribution in [1.82, 2.24) is 10.3 Å². The van der Waals surface area contributed by atoms with Crippen LogP contribution >= 0.6 is 27.3 Å². The second kappa shape index (κ2) is 7.11. The van der Waals surface area contributed by atoms with Gasteiger partial charge < -0.3 is 5.32 Å². The summed E-state index contributed by atoms with van der Waals surface area (Å²) in [6.07, 6.45) is 2.15. The molecular weight excluding hydrogens is 300 g/mol. The highest BCUT2D eigenvalue weighted by molar-refractivity contribution is 9.09. The van der Waals surface area contributed by atoms with E-state index in [1.165, 1.54) is 11.3 Å². The van der Waals surface area contributed by atoms with E-state index in [0.29, 0.717) is 5.92 Å². The fourth-order valence-electron chi connectivity index (χ4n) is 1.55. The van der Waals surface area contributed by atoms with Crippen molar-refractivity contribution in [3.05, 3.63) is 15.6 Å². The number of rotatable bonds is 6. The van der Waals surface area contributed by atoms with E-state index in [1.807, 2.05) is 13.8 Å². The van der Waals surface area contributed by atoms with E-state index in [0.717, 1.165) is 40.3 Å². The number of halogens is 1. The van der Waals surface area contributed by atoms with Gasteiger partial charge in [0.15, 0.2) is 0 Å². The molecule has 3 nitrogen and oxygen atoms in total. The molecule has 96 valence electrons. The van der Waals surface area contributed by atoms with Gasteiger partial charge in [0, 0.05) is 11.9 Å². The average molecular weight is 319 g/mol. The Morgan fingerprint density at radius 1 is 1.53 bits per heavy atom. The summed E-state index contributed by atoms with van der Waals surface area (Å²) in [5.41, 5.74) is 0.832. The summed E-state index contributed by atoms with van der Waals surface area (Å²) in [5, 5.41) is 4.92. The van der Waals surface area contributed by atoms with Crippen LogP contribution in [0.2, 0.25) is 0 Å². The number of carbonyl (C=O) groups is 1. The van der Waals surface area contributed by atoms with Crippen LogP contribution in [0, 0.1) is 19.8 Å². The summed E-state index contributed by atoms with van der Waals surface area (Å²) in [6, 6.07) is 0. The van der Waals surface area contributed by atoms with Gasteiger partial charge in [-0.3, -0.25) is 4.79 Å². The minimum Gasteiger partial charge on any atom is -0.351 e. The minimum atomic E-state index is 0.0135. The number of nitrogens with zero attached hydrogens (tertiary/aromatic N) is 1. The van der Waals surface area contributed by atoms with Gasteiger partial charge >= 0.3 is 0 Å². The summed E-state index contributed by atoms with van der Waals surface area (Å²) < 4.78 is 0. The first-order chi connectivity index (χ1) is 8.04. The molecule has 0 fully saturated rings. The van der Waals surface area contributed by atoms with Crippen molar-refractivity contribution in [2.24, 2.45) is 5.92 Å². The molecule has 0 aliphatic rings. The SMILES string of the molecule is Cc1nc(C)c(C(=O)NCCCC(C)CBr)s1. The summed E-state index contributed by atoms with van der Waals surface area (Å²) >= 11 is 4.91. The fraction of sp³-hybridized carbons (Fsp3) is 0.667. The lowest BCUT2D eigenvalue weighted by atomic mass is 10.1. The van der Waals surface area contributed by atoms with Gasteiger partial charge in [0.2, 0.25) is 0 Å². The van der Waals surface area contributed by atoms with Crippen LogP contribution in [0.1, 0.15) is 40.1 Å². The Kier molecular flexibility index (Phi) is 6.12. The third-order valence-corrected chi connectivity index (χ3v) is 4.71. The summed E-state index contributed by atoms with van der Waals surface area (Å²) in [4.78, 5) is 16.8. The highest BCUT2D eigenvalue weighted by Crippen LogP contribution is 2.16. The Morgan fingerprint density at radius 3 is 2.76 bits per heavy atom. The Bertz CT molecular complexity index is 379. The summed E-state index contributed by atoms with van der Waals surface area (Å²) in [5.74, 6) is 0.680. The number of nitrogens with one attached hydrogen (secondary N) is 1. The van der Waals surface area contributed by atoms with Gasteiger partial charge in [0.25, 0.3) is 5.91 Å². The Labute approximate surface area is 115 Å². The molecule has 1 unspecified atom stereocenters. The molecule has 0 aromatic carbocycles. The van der Waals surface area contributed by atoms with Gasteiger partial charge in [-0.15, -0.1) is 11.3 Å². The molecule has 1 aromatic rings. The van der Waals surface area contributed by atoms with Gasteiger partial charge in [0.05, 0.1) is 10.7 Å². The molecule has 0 saturated carbocycles. The molecular formula is C12H19BrN2OS. The average Bonchev–Trinajstić information content (AvgIpc) is 2.63. The molecule has 1 heterocycles. The number of aromatic nitrogens is 1. The van der Waals surface area contributed by atoms with E-state index >= 15 is 0 Å². The maximum Gasteiger partial charge on any atom is 0.263 e. The van der Waals surface area contributed by atoms with Crippen LogP contribution in [0.25, 0.3) is 0 Å². The van der Waals surface area contributed by atoms with Gasteiger partial charge in [-0.25, -0.2) is 4.98 Å². The fourth-order valence-corrected chi connectivity index (χ4v) is 2.71. The second-order valence-electron chi connectivity index (χ2n) is 4.31. The number of hydrogen-bond donors (Lipinski definition) is 1. The maximum absolute atomic E-state index is 11.8. The lowest BCUT2D eigenvalue weighted by molar-refractivity contribution is 0.0956. The van der Waals surface area contributed by atoms with Crippen LogP contribution in [0.4, 0.5) is 0 Å². The Balaban J connectivity index is 2.33. The number of aryl methyl sites for hydroxylation is 2. The monoisotopic (exact) mass is 318 g/mol. The molecule has 0 aliphatic carbocycles. The largest absolute Gasteiger partial charge is 0.351 e. The van der Waals surface area contributed by atoms with Crippen LogP contribution in [0.5, 0.6) is 0 Å². The molecule has 1 aromatic heterocycles. The molecule has 17 heavy (non-hydrogen) atoms. The van der Waals surface area contributed by atoms with E-state index in [4.69, 9.17) is 0 Å². The zero-order valence-electron chi connectivity index (χ0n) is 10.5. The zero-order chi connectivity index (χ0) is 12.8. The Morgan fingerprint density at radius 2 is 2.24 bits per heavy atom. The number of hydrogen-bond acceptors (Lipinski definition) is 3. The van der Waals surface area contributed by atoms with Crippen molar-refractivity contribution in [2.45, 2.75) is 33.6 Å². The molecule has 1 amide bonds. The van der Waals surface area contributed by atoms with E-state index in [2.05, 4.69) is 33.2 Å². The highest BCUT2D eigenvalue weighted by atomic mass is 79.9. The van der Waals surface area contributed by atoms with Crippen molar-refractivity contribution in [2.75, 3.05) is 11.9 Å². The molecule has 0 radical (unpaired) electrons. The third kappa shape index (κ3) is 4.76. The molecule has 0 saturated heterocycles. The van der Waals surface area contributed by atoms with Crippen molar-refractivity contribution in [3.63, 3.8) is 0 Å². The van der Waals surface area contributed by atoms with E-state index in [1.54, 1.807) is 0 Å². The molecule has 0 spiro atoms. The van der Waals surface area contributed by atoms with Crippen molar-refractivity contribution in [3.8, 4) is 0 Å². The standard InChI is InChI=1S/C12H19BrN2OS/c1-8(7-13)5-4-6-14-12(16)11-9(2)15-10(3)17-11/h8H,4-7H2,1-3H3,(H,14,16). The van der Waals surface area contributed by atoms with E-state index in [9.17, 15) is 4.79 Å². The molecule has 5 heteroatoms. The van der Waals surface area contributed by atoms with Crippen LogP contribution in [-0.4, -0.2) is 22.8 Å². The predicted octanol–water partition coefficient (Wildman–Crippen LogP) is 3.30. The first-order valence-electron chi connectivity index (χ1n) is 5.82. The predicted molar refractivity (Wildman–Crippen MR) is 76.1 cm³/mol. The summed E-state index contributed by atoms with van der Waals surface area (Å²) in [7, 11) is 0. The minimum absolute atomic E-state index is 0.0135. The van der Waals surface area contributed by atoms with Crippen LogP contribution < -0.4 is 5.32 Å². The topological polar surface area (TPSA) is 42.0 Å². The van der Waals surface area contributed by atoms with Gasteiger partial charge in [-0.2, -0.15) is 0 Å². The third-order valence-electron chi connectivity index (χ3n) is 2.53. The normalized spacial score (nSPS) is 12.5. The lowest BCUT2D eigenvalue weighted by Crippen LogP contribution is -2.24. The first-order valence-corrected chi connectivity index (χ1v) is 7.76. The lowest BCUT2D eigenvalue weighted by Gasteiger charge is -2.07. The number of thiazole rings is 1. The van der Waals surface area contributed by atoms with Crippen LogP contribution in [-0.2, 0) is 0 Å². The molecule has 1 rings (SSSR count). The first kappa shape index (κ1) is 14.6. The summed E-state index contributed by atoms with van der Waals surface area (Å²) in [6.45, 7) is 6.75. The van der Waals surface area contributed by atoms with E-state index < -0.39 is 0 Å². The molecule has 0 aliphatic heterocycles. The highest BCUT2D eigenvalue weighted by Gasteiger charge is 2.12. The smallest absolute Gasteiger partial charge is 0.263 e. The van der Waals surface area contributed by atoms with Gasteiger partial charge in [-0.1, -0.05) is 22.9 Å². The maximum atomic E-state index is 11.8. The van der Waals surface area contributed by atoms with Crippen molar-refractivity contribution < 1.29 is 4.79 Å². The van der Waals surface area contributed by atoms with Crippen LogP contribution in [0.15, 0.2) is 0 Å². The number of carbonyl (C=O) groups excluding carboxylic acids is 1. The van der Waals surface area contributed by atoms with E-state index in [-0.39, 0.29) is 5.91 Å². The molecule has 0 bridgehead atoms. The zero-order valence-corrected chi connectivity index (χ0v) is 12.9. The molecule has 1 atom stereocenters. The van der Waals surface area contributed by atoms with Gasteiger partial charge in [-0.05, 0) is 32.6 Å². The van der Waals surface area contributed by atoms with Crippen molar-refractivity contribution in [1.29, 1.82) is 0 Å². The van der Waals surface area contributed by atoms with Crippen molar-refractivity contribution >= 4 is 33.2 Å². The quantitative estimate of drug-likeness (QED) is 0.646.